The number of hydrogen-bond donors (Lipinski definition) is 2. The first-order chi connectivity index (χ1) is 14.6. The third-order valence-corrected chi connectivity index (χ3v) is 5.27. The van der Waals surface area contributed by atoms with Crippen LogP contribution in [0.15, 0.2) is 54.7 Å². The Morgan fingerprint density at radius 3 is 2.47 bits per heavy atom. The lowest BCUT2D eigenvalue weighted by atomic mass is 9.92. The van der Waals surface area contributed by atoms with Crippen molar-refractivity contribution in [1.29, 1.82) is 0 Å². The number of para-hydroxylation sites is 2. The van der Waals surface area contributed by atoms with Crippen LogP contribution in [0.25, 0.3) is 0 Å². The molecule has 0 radical (unpaired) electrons. The molecule has 3 N–H and O–H groups in total. The van der Waals surface area contributed by atoms with Crippen LogP contribution in [-0.2, 0) is 0 Å². The molecule has 1 amide bonds. The average Bonchev–Trinajstić information content (AvgIpc) is 3.26. The van der Waals surface area contributed by atoms with Crippen molar-refractivity contribution >= 4 is 11.6 Å². The van der Waals surface area contributed by atoms with Gasteiger partial charge in [-0.3, -0.25) is 4.79 Å². The van der Waals surface area contributed by atoms with Gasteiger partial charge in [0.25, 0.3) is 5.91 Å². The average molecular weight is 407 g/mol. The number of nitrogens with one attached hydrogen (secondary N) is 1. The number of aromatic nitrogens is 3. The number of methoxy groups -OCH3 is 1. The van der Waals surface area contributed by atoms with E-state index in [1.165, 1.54) is 0 Å². The zero-order valence-electron chi connectivity index (χ0n) is 16.8. The van der Waals surface area contributed by atoms with E-state index in [4.69, 9.17) is 15.2 Å². The van der Waals surface area contributed by atoms with Gasteiger partial charge in [-0.25, -0.2) is 4.68 Å². The highest BCUT2D eigenvalue weighted by atomic mass is 16.5. The molecular formula is C22H25N5O3. The minimum atomic E-state index is -0.299. The Labute approximate surface area is 175 Å². The molecule has 0 bridgehead atoms. The molecule has 4 rings (SSSR count). The third-order valence-electron chi connectivity index (χ3n) is 5.27. The number of nitrogens with two attached hydrogens (primary N) is 1. The summed E-state index contributed by atoms with van der Waals surface area (Å²) in [5, 5.41) is 11.0. The first-order valence-electron chi connectivity index (χ1n) is 10.0. The predicted octanol–water partition coefficient (Wildman–Crippen LogP) is 3.77. The molecule has 0 unspecified atom stereocenters. The van der Waals surface area contributed by atoms with Crippen molar-refractivity contribution in [3.8, 4) is 17.2 Å². The van der Waals surface area contributed by atoms with Crippen molar-refractivity contribution in [3.05, 3.63) is 60.4 Å². The molecule has 1 fully saturated rings. The van der Waals surface area contributed by atoms with E-state index in [1.807, 2.05) is 24.3 Å². The second-order valence-electron chi connectivity index (χ2n) is 7.38. The van der Waals surface area contributed by atoms with E-state index in [1.54, 1.807) is 42.3 Å². The SMILES string of the molecule is COc1ccccc1Oc1ccc(NC(=O)c2cn(C3CCC(N)CC3)nn2)cc1. The van der Waals surface area contributed by atoms with Gasteiger partial charge in [0.1, 0.15) is 5.75 Å². The second kappa shape index (κ2) is 8.96. The summed E-state index contributed by atoms with van der Waals surface area (Å²) in [7, 11) is 1.60. The number of carbonyl (C=O) groups excluding carboxylic acids is 1. The van der Waals surface area contributed by atoms with E-state index in [0.29, 0.717) is 28.6 Å². The quantitative estimate of drug-likeness (QED) is 0.644. The molecule has 1 aliphatic rings. The Morgan fingerprint density at radius 2 is 1.77 bits per heavy atom. The molecule has 1 saturated carbocycles. The molecule has 0 atom stereocenters. The van der Waals surface area contributed by atoms with Crippen LogP contribution < -0.4 is 20.5 Å². The smallest absolute Gasteiger partial charge is 0.277 e. The minimum absolute atomic E-state index is 0.255. The van der Waals surface area contributed by atoms with Gasteiger partial charge in [0.05, 0.1) is 19.3 Å². The fraction of sp³-hybridized carbons (Fsp3) is 0.318. The fourth-order valence-electron chi connectivity index (χ4n) is 3.56. The van der Waals surface area contributed by atoms with Gasteiger partial charge in [-0.2, -0.15) is 0 Å². The number of amides is 1. The lowest BCUT2D eigenvalue weighted by Crippen LogP contribution is -2.28. The van der Waals surface area contributed by atoms with Crippen LogP contribution in [0.3, 0.4) is 0 Å². The number of hydrogen-bond acceptors (Lipinski definition) is 6. The molecule has 1 aromatic heterocycles. The lowest BCUT2D eigenvalue weighted by Gasteiger charge is -2.25. The van der Waals surface area contributed by atoms with Crippen LogP contribution in [-0.4, -0.2) is 34.1 Å². The highest BCUT2D eigenvalue weighted by Gasteiger charge is 2.22. The standard InChI is InChI=1S/C22H25N5O3/c1-29-20-4-2-3-5-21(20)30-18-12-8-16(9-13-18)24-22(28)19-14-27(26-25-19)17-10-6-15(23)7-11-17/h2-5,8-9,12-15,17H,6-7,10-11,23H2,1H3,(H,24,28). The highest BCUT2D eigenvalue weighted by Crippen LogP contribution is 2.31. The Balaban J connectivity index is 1.37. The monoisotopic (exact) mass is 407 g/mol. The molecule has 8 nitrogen and oxygen atoms in total. The lowest BCUT2D eigenvalue weighted by molar-refractivity contribution is 0.102. The summed E-state index contributed by atoms with van der Waals surface area (Å²) >= 11 is 0. The number of anilines is 1. The Hall–Kier alpha value is -3.39. The maximum absolute atomic E-state index is 12.5. The van der Waals surface area contributed by atoms with Crippen LogP contribution in [0.2, 0.25) is 0 Å². The van der Waals surface area contributed by atoms with Crippen molar-refractivity contribution in [3.63, 3.8) is 0 Å². The van der Waals surface area contributed by atoms with Crippen LogP contribution in [0.1, 0.15) is 42.2 Å². The summed E-state index contributed by atoms with van der Waals surface area (Å²) in [5.41, 5.74) is 6.89. The summed E-state index contributed by atoms with van der Waals surface area (Å²) in [6.45, 7) is 0. The summed E-state index contributed by atoms with van der Waals surface area (Å²) in [6, 6.07) is 15.0. The topological polar surface area (TPSA) is 104 Å². The van der Waals surface area contributed by atoms with Gasteiger partial charge in [0.2, 0.25) is 0 Å². The zero-order chi connectivity index (χ0) is 20.9. The van der Waals surface area contributed by atoms with E-state index >= 15 is 0 Å². The fourth-order valence-corrected chi connectivity index (χ4v) is 3.56. The Bertz CT molecular complexity index is 994. The van der Waals surface area contributed by atoms with Gasteiger partial charge >= 0.3 is 0 Å². The molecule has 30 heavy (non-hydrogen) atoms. The van der Waals surface area contributed by atoms with Gasteiger partial charge in [0, 0.05) is 11.7 Å². The maximum atomic E-state index is 12.5. The minimum Gasteiger partial charge on any atom is -0.493 e. The van der Waals surface area contributed by atoms with Crippen molar-refractivity contribution in [2.45, 2.75) is 37.8 Å². The number of rotatable bonds is 6. The van der Waals surface area contributed by atoms with Gasteiger partial charge in [-0.05, 0) is 62.1 Å². The van der Waals surface area contributed by atoms with Gasteiger partial charge in [-0.15, -0.1) is 5.10 Å². The number of benzene rings is 2. The molecule has 1 aliphatic carbocycles. The van der Waals surface area contributed by atoms with Crippen LogP contribution >= 0.6 is 0 Å². The van der Waals surface area contributed by atoms with Crippen LogP contribution in [0.5, 0.6) is 17.2 Å². The van der Waals surface area contributed by atoms with Gasteiger partial charge in [0.15, 0.2) is 17.2 Å². The molecule has 8 heteroatoms. The molecule has 0 spiro atoms. The molecule has 156 valence electrons. The summed E-state index contributed by atoms with van der Waals surface area (Å²) in [6.07, 6.45) is 5.55. The van der Waals surface area contributed by atoms with Crippen molar-refractivity contribution in [1.82, 2.24) is 15.0 Å². The summed E-state index contributed by atoms with van der Waals surface area (Å²) < 4.78 is 12.9. The highest BCUT2D eigenvalue weighted by molar-refractivity contribution is 6.02. The van der Waals surface area contributed by atoms with E-state index < -0.39 is 0 Å². The number of ether oxygens (including phenoxy) is 2. The first kappa shape index (κ1) is 19.9. The zero-order valence-corrected chi connectivity index (χ0v) is 16.8. The molecule has 3 aromatic rings. The molecular weight excluding hydrogens is 382 g/mol. The Morgan fingerprint density at radius 1 is 1.07 bits per heavy atom. The largest absolute Gasteiger partial charge is 0.493 e. The van der Waals surface area contributed by atoms with Crippen molar-refractivity contribution in [2.75, 3.05) is 12.4 Å². The van der Waals surface area contributed by atoms with Gasteiger partial charge < -0.3 is 20.5 Å². The Kier molecular flexibility index (Phi) is 5.94. The van der Waals surface area contributed by atoms with E-state index in [0.717, 1.165) is 25.7 Å². The van der Waals surface area contributed by atoms with Crippen molar-refractivity contribution < 1.29 is 14.3 Å². The maximum Gasteiger partial charge on any atom is 0.277 e. The number of nitrogens with zero attached hydrogens (tertiary/aromatic N) is 3. The van der Waals surface area contributed by atoms with E-state index in [2.05, 4.69) is 15.6 Å². The molecule has 2 aromatic carbocycles. The number of carbonyl (C=O) groups is 1. The predicted molar refractivity (Wildman–Crippen MR) is 113 cm³/mol. The van der Waals surface area contributed by atoms with Crippen molar-refractivity contribution in [2.24, 2.45) is 5.73 Å². The first-order valence-corrected chi connectivity index (χ1v) is 10.0. The molecule has 1 heterocycles. The summed E-state index contributed by atoms with van der Waals surface area (Å²) in [4.78, 5) is 12.5. The third kappa shape index (κ3) is 4.60. The molecule has 0 saturated heterocycles. The normalized spacial score (nSPS) is 18.6. The van der Waals surface area contributed by atoms with Crippen LogP contribution in [0.4, 0.5) is 5.69 Å². The van der Waals surface area contributed by atoms with E-state index in [-0.39, 0.29) is 18.0 Å². The van der Waals surface area contributed by atoms with Gasteiger partial charge in [-0.1, -0.05) is 17.3 Å². The van der Waals surface area contributed by atoms with E-state index in [9.17, 15) is 4.79 Å². The second-order valence-corrected chi connectivity index (χ2v) is 7.38. The molecule has 0 aliphatic heterocycles. The summed E-state index contributed by atoms with van der Waals surface area (Å²) in [5.74, 6) is 1.61. The van der Waals surface area contributed by atoms with Crippen LogP contribution in [0, 0.1) is 0 Å².